The zero-order chi connectivity index (χ0) is 17.3. The minimum Gasteiger partial charge on any atom is -0.478 e. The van der Waals surface area contributed by atoms with Crippen molar-refractivity contribution in [2.24, 2.45) is 0 Å². The molecule has 0 aromatic heterocycles. The summed E-state index contributed by atoms with van der Waals surface area (Å²) in [6.07, 6.45) is 1.71. The van der Waals surface area contributed by atoms with Crippen LogP contribution in [0.3, 0.4) is 0 Å². The molecule has 0 radical (unpaired) electrons. The van der Waals surface area contributed by atoms with Crippen LogP contribution in [-0.2, 0) is 11.2 Å². The molecule has 2 aromatic rings. The van der Waals surface area contributed by atoms with Gasteiger partial charge in [0.2, 0.25) is 0 Å². The molecule has 0 fully saturated rings. The Labute approximate surface area is 142 Å². The summed E-state index contributed by atoms with van der Waals surface area (Å²) in [5, 5.41) is 0. The molecule has 1 heterocycles. The molecule has 3 rings (SSSR count). The highest BCUT2D eigenvalue weighted by Crippen LogP contribution is 2.36. The maximum atomic E-state index is 12.9. The minimum absolute atomic E-state index is 0.0628. The first kappa shape index (κ1) is 16.1. The van der Waals surface area contributed by atoms with Gasteiger partial charge >= 0.3 is 0 Å². The number of carbonyl (C=O) groups is 1. The summed E-state index contributed by atoms with van der Waals surface area (Å²) in [6.45, 7) is 8.30. The third-order valence-corrected chi connectivity index (χ3v) is 4.10. The van der Waals surface area contributed by atoms with Gasteiger partial charge in [-0.25, -0.2) is 0 Å². The van der Waals surface area contributed by atoms with E-state index in [1.165, 1.54) is 11.1 Å². The van der Waals surface area contributed by atoms with Crippen molar-refractivity contribution in [1.82, 2.24) is 0 Å². The Hall–Kier alpha value is -2.75. The highest BCUT2D eigenvalue weighted by atomic mass is 16.5. The van der Waals surface area contributed by atoms with Crippen LogP contribution in [0.5, 0.6) is 5.75 Å². The van der Waals surface area contributed by atoms with Gasteiger partial charge in [-0.3, -0.25) is 4.79 Å². The van der Waals surface area contributed by atoms with Crippen LogP contribution in [0.15, 0.2) is 49.1 Å². The number of hydrogen-bond donors (Lipinski definition) is 1. The van der Waals surface area contributed by atoms with Crippen molar-refractivity contribution >= 4 is 17.3 Å². The smallest absolute Gasteiger partial charge is 0.268 e. The number of rotatable bonds is 4. The molecule has 1 aliphatic rings. The van der Waals surface area contributed by atoms with E-state index in [9.17, 15) is 4.79 Å². The summed E-state index contributed by atoms with van der Waals surface area (Å²) in [5.74, 6) is 0.618. The number of amides is 1. The van der Waals surface area contributed by atoms with Crippen LogP contribution in [-0.4, -0.2) is 18.6 Å². The Morgan fingerprint density at radius 1 is 1.21 bits per heavy atom. The van der Waals surface area contributed by atoms with Crippen LogP contribution in [0.25, 0.3) is 0 Å². The molecule has 2 aromatic carbocycles. The number of carbonyl (C=O) groups excluding carboxylic acids is 1. The van der Waals surface area contributed by atoms with Crippen LogP contribution in [0, 0.1) is 13.8 Å². The maximum absolute atomic E-state index is 12.9. The molecule has 24 heavy (non-hydrogen) atoms. The van der Waals surface area contributed by atoms with Crippen LogP contribution >= 0.6 is 0 Å². The number of anilines is 2. The molecule has 0 saturated carbocycles. The molecule has 0 saturated heterocycles. The van der Waals surface area contributed by atoms with Crippen molar-refractivity contribution in [3.63, 3.8) is 0 Å². The fourth-order valence-electron chi connectivity index (χ4n) is 3.19. The molecular weight excluding hydrogens is 300 g/mol. The summed E-state index contributed by atoms with van der Waals surface area (Å²) in [6, 6.07) is 11.7. The lowest BCUT2D eigenvalue weighted by atomic mass is 10.0. The average molecular weight is 322 g/mol. The molecule has 4 nitrogen and oxygen atoms in total. The SMILES string of the molecule is C=CCN1C(=O)C(Cc2cc(C)cc(C)c2)Oc2ccc(N)cc21. The molecule has 1 aliphatic heterocycles. The van der Waals surface area contributed by atoms with E-state index in [1.807, 2.05) is 6.07 Å². The van der Waals surface area contributed by atoms with Crippen molar-refractivity contribution in [3.8, 4) is 5.75 Å². The molecule has 0 aliphatic carbocycles. The van der Waals surface area contributed by atoms with E-state index in [4.69, 9.17) is 10.5 Å². The van der Waals surface area contributed by atoms with Crippen molar-refractivity contribution in [3.05, 3.63) is 65.7 Å². The van der Waals surface area contributed by atoms with Gasteiger partial charge < -0.3 is 15.4 Å². The zero-order valence-electron chi connectivity index (χ0n) is 14.1. The lowest BCUT2D eigenvalue weighted by Crippen LogP contribution is -2.47. The topological polar surface area (TPSA) is 55.6 Å². The summed E-state index contributed by atoms with van der Waals surface area (Å²) in [4.78, 5) is 14.6. The molecule has 1 unspecified atom stereocenters. The average Bonchev–Trinajstić information content (AvgIpc) is 2.51. The van der Waals surface area contributed by atoms with Crippen molar-refractivity contribution in [2.75, 3.05) is 17.2 Å². The zero-order valence-corrected chi connectivity index (χ0v) is 14.1. The molecule has 1 atom stereocenters. The minimum atomic E-state index is -0.540. The van der Waals surface area contributed by atoms with Crippen LogP contribution < -0.4 is 15.4 Å². The maximum Gasteiger partial charge on any atom is 0.268 e. The first-order valence-electron chi connectivity index (χ1n) is 8.03. The number of hydrogen-bond acceptors (Lipinski definition) is 3. The van der Waals surface area contributed by atoms with Crippen molar-refractivity contribution in [2.45, 2.75) is 26.4 Å². The Morgan fingerprint density at radius 3 is 2.58 bits per heavy atom. The number of fused-ring (bicyclic) bond motifs is 1. The van der Waals surface area contributed by atoms with Gasteiger partial charge in [0, 0.05) is 18.7 Å². The van der Waals surface area contributed by atoms with Crippen molar-refractivity contribution in [1.29, 1.82) is 0 Å². The summed E-state index contributed by atoms with van der Waals surface area (Å²) in [7, 11) is 0. The molecular formula is C20H22N2O2. The van der Waals surface area contributed by atoms with Gasteiger partial charge in [0.15, 0.2) is 6.10 Å². The third kappa shape index (κ3) is 3.13. The summed E-state index contributed by atoms with van der Waals surface area (Å²) < 4.78 is 5.98. The number of nitrogens with zero attached hydrogens (tertiary/aromatic N) is 1. The van der Waals surface area contributed by atoms with Gasteiger partial charge in [-0.1, -0.05) is 35.4 Å². The fraction of sp³-hybridized carbons (Fsp3) is 0.250. The van der Waals surface area contributed by atoms with E-state index in [1.54, 1.807) is 23.1 Å². The van der Waals surface area contributed by atoms with Gasteiger partial charge in [0.05, 0.1) is 5.69 Å². The molecule has 0 bridgehead atoms. The van der Waals surface area contributed by atoms with Gasteiger partial charge in [-0.05, 0) is 37.6 Å². The van der Waals surface area contributed by atoms with E-state index < -0.39 is 6.10 Å². The second kappa shape index (κ2) is 6.40. The number of aryl methyl sites for hydroxylation is 2. The van der Waals surface area contributed by atoms with E-state index in [0.29, 0.717) is 30.1 Å². The normalized spacial score (nSPS) is 16.5. The second-order valence-electron chi connectivity index (χ2n) is 6.27. The number of ether oxygens (including phenoxy) is 1. The van der Waals surface area contributed by atoms with E-state index in [-0.39, 0.29) is 5.91 Å². The Morgan fingerprint density at radius 2 is 1.92 bits per heavy atom. The first-order valence-corrected chi connectivity index (χ1v) is 8.03. The lowest BCUT2D eigenvalue weighted by Gasteiger charge is -2.34. The van der Waals surface area contributed by atoms with Crippen LogP contribution in [0.1, 0.15) is 16.7 Å². The molecule has 1 amide bonds. The second-order valence-corrected chi connectivity index (χ2v) is 6.27. The van der Waals surface area contributed by atoms with E-state index in [2.05, 4.69) is 38.6 Å². The standard InChI is InChI=1S/C20H22N2O2/c1-4-7-22-17-12-16(21)5-6-18(17)24-19(20(22)23)11-15-9-13(2)8-14(3)10-15/h4-6,8-10,12,19H,1,7,11,21H2,2-3H3. The molecule has 0 spiro atoms. The highest BCUT2D eigenvalue weighted by Gasteiger charge is 2.34. The number of nitrogens with two attached hydrogens (primary N) is 1. The number of nitrogen functional groups attached to an aromatic ring is 1. The molecule has 2 N–H and O–H groups in total. The predicted molar refractivity (Wildman–Crippen MR) is 97.4 cm³/mol. The Bertz CT molecular complexity index is 778. The fourth-order valence-corrected chi connectivity index (χ4v) is 3.19. The Kier molecular flexibility index (Phi) is 4.30. The monoisotopic (exact) mass is 322 g/mol. The molecule has 124 valence electrons. The van der Waals surface area contributed by atoms with Gasteiger partial charge in [-0.15, -0.1) is 6.58 Å². The predicted octanol–water partition coefficient (Wildman–Crippen LogP) is 3.41. The lowest BCUT2D eigenvalue weighted by molar-refractivity contribution is -0.126. The highest BCUT2D eigenvalue weighted by molar-refractivity contribution is 6.00. The Balaban J connectivity index is 1.93. The quantitative estimate of drug-likeness (QED) is 0.693. The largest absolute Gasteiger partial charge is 0.478 e. The summed E-state index contributed by atoms with van der Waals surface area (Å²) >= 11 is 0. The first-order chi connectivity index (χ1) is 11.5. The number of benzene rings is 2. The summed E-state index contributed by atoms with van der Waals surface area (Å²) in [5.41, 5.74) is 10.6. The third-order valence-electron chi connectivity index (χ3n) is 4.10. The van der Waals surface area contributed by atoms with E-state index >= 15 is 0 Å². The van der Waals surface area contributed by atoms with Gasteiger partial charge in [0.1, 0.15) is 5.75 Å². The van der Waals surface area contributed by atoms with Gasteiger partial charge in [-0.2, -0.15) is 0 Å². The molecule has 4 heteroatoms. The van der Waals surface area contributed by atoms with E-state index in [0.717, 1.165) is 5.56 Å². The van der Waals surface area contributed by atoms with Crippen LogP contribution in [0.4, 0.5) is 11.4 Å². The van der Waals surface area contributed by atoms with Crippen molar-refractivity contribution < 1.29 is 9.53 Å². The van der Waals surface area contributed by atoms with Gasteiger partial charge in [0.25, 0.3) is 5.91 Å². The van der Waals surface area contributed by atoms with Crippen LogP contribution in [0.2, 0.25) is 0 Å².